The third-order valence-electron chi connectivity index (χ3n) is 2.73. The van der Waals surface area contributed by atoms with E-state index >= 15 is 0 Å². The SMILES string of the molecule is C=CC(N)(Cc1cc(OC)ccc1OC)C(=O)O.Cl. The molecular weight excluding hydrogens is 270 g/mol. The van der Waals surface area contributed by atoms with Gasteiger partial charge >= 0.3 is 5.97 Å². The van der Waals surface area contributed by atoms with Crippen molar-refractivity contribution in [1.29, 1.82) is 0 Å². The first-order valence-electron chi connectivity index (χ1n) is 5.33. The summed E-state index contributed by atoms with van der Waals surface area (Å²) in [7, 11) is 3.05. The molecule has 0 saturated heterocycles. The maximum Gasteiger partial charge on any atom is 0.328 e. The summed E-state index contributed by atoms with van der Waals surface area (Å²) in [6, 6.07) is 5.14. The molecule has 1 aromatic rings. The molecule has 1 atom stereocenters. The fraction of sp³-hybridized carbons (Fsp3) is 0.308. The first kappa shape index (κ1) is 17.3. The quantitative estimate of drug-likeness (QED) is 0.777. The summed E-state index contributed by atoms with van der Waals surface area (Å²) in [6.45, 7) is 3.47. The summed E-state index contributed by atoms with van der Waals surface area (Å²) >= 11 is 0. The highest BCUT2D eigenvalue weighted by molar-refractivity contribution is 5.85. The smallest absolute Gasteiger partial charge is 0.328 e. The van der Waals surface area contributed by atoms with E-state index in [-0.39, 0.29) is 18.8 Å². The van der Waals surface area contributed by atoms with E-state index in [2.05, 4.69) is 6.58 Å². The van der Waals surface area contributed by atoms with Gasteiger partial charge in [-0.15, -0.1) is 19.0 Å². The van der Waals surface area contributed by atoms with Gasteiger partial charge in [-0.25, -0.2) is 4.79 Å². The van der Waals surface area contributed by atoms with Crippen molar-refractivity contribution in [3.05, 3.63) is 36.4 Å². The van der Waals surface area contributed by atoms with Crippen LogP contribution in [0, 0.1) is 0 Å². The standard InChI is InChI=1S/C13H17NO4.ClH/c1-4-13(14,12(15)16)8-9-7-10(17-2)5-6-11(9)18-3;/h4-7H,1,8,14H2,2-3H3,(H,15,16);1H. The molecule has 0 radical (unpaired) electrons. The van der Waals surface area contributed by atoms with Crippen molar-refractivity contribution in [3.8, 4) is 11.5 Å². The Bertz CT molecular complexity index is 464. The number of aliphatic carboxylic acids is 1. The number of hydrogen-bond acceptors (Lipinski definition) is 4. The van der Waals surface area contributed by atoms with Crippen LogP contribution in [0.4, 0.5) is 0 Å². The molecule has 1 aromatic carbocycles. The molecule has 0 heterocycles. The van der Waals surface area contributed by atoms with Gasteiger partial charge < -0.3 is 20.3 Å². The van der Waals surface area contributed by atoms with E-state index in [0.29, 0.717) is 17.1 Å². The van der Waals surface area contributed by atoms with Crippen LogP contribution in [0.1, 0.15) is 5.56 Å². The van der Waals surface area contributed by atoms with Crippen LogP contribution >= 0.6 is 12.4 Å². The largest absolute Gasteiger partial charge is 0.497 e. The summed E-state index contributed by atoms with van der Waals surface area (Å²) in [5.41, 5.74) is 4.90. The lowest BCUT2D eigenvalue weighted by molar-refractivity contribution is -0.141. The van der Waals surface area contributed by atoms with Crippen LogP contribution in [-0.4, -0.2) is 30.8 Å². The Hall–Kier alpha value is -1.72. The van der Waals surface area contributed by atoms with E-state index in [0.717, 1.165) is 0 Å². The summed E-state index contributed by atoms with van der Waals surface area (Å²) < 4.78 is 10.3. The molecule has 0 aromatic heterocycles. The van der Waals surface area contributed by atoms with Gasteiger partial charge in [0.05, 0.1) is 14.2 Å². The lowest BCUT2D eigenvalue weighted by atomic mass is 9.91. The first-order chi connectivity index (χ1) is 8.46. The Balaban J connectivity index is 0.00000324. The molecule has 0 bridgehead atoms. The zero-order chi connectivity index (χ0) is 13.8. The summed E-state index contributed by atoms with van der Waals surface area (Å²) in [6.07, 6.45) is 1.29. The number of benzene rings is 1. The fourth-order valence-corrected chi connectivity index (χ4v) is 1.57. The maximum atomic E-state index is 11.1. The fourth-order valence-electron chi connectivity index (χ4n) is 1.57. The van der Waals surface area contributed by atoms with Crippen molar-refractivity contribution in [1.82, 2.24) is 0 Å². The monoisotopic (exact) mass is 287 g/mol. The van der Waals surface area contributed by atoms with Crippen molar-refractivity contribution < 1.29 is 19.4 Å². The third kappa shape index (κ3) is 3.87. The van der Waals surface area contributed by atoms with Crippen LogP contribution < -0.4 is 15.2 Å². The summed E-state index contributed by atoms with van der Waals surface area (Å²) in [5.74, 6) is 0.0405. The molecule has 6 heteroatoms. The topological polar surface area (TPSA) is 81.8 Å². The highest BCUT2D eigenvalue weighted by Gasteiger charge is 2.31. The van der Waals surface area contributed by atoms with Gasteiger partial charge in [0.15, 0.2) is 0 Å². The van der Waals surface area contributed by atoms with Gasteiger partial charge in [-0.2, -0.15) is 0 Å². The number of halogens is 1. The molecule has 0 amide bonds. The van der Waals surface area contributed by atoms with Crippen molar-refractivity contribution in [2.75, 3.05) is 14.2 Å². The highest BCUT2D eigenvalue weighted by atomic mass is 35.5. The molecule has 0 fully saturated rings. The lowest BCUT2D eigenvalue weighted by Gasteiger charge is -2.21. The number of carbonyl (C=O) groups is 1. The number of carboxylic acid groups (broad SMARTS) is 1. The average Bonchev–Trinajstić information content (AvgIpc) is 2.38. The summed E-state index contributed by atoms with van der Waals surface area (Å²) in [5, 5.41) is 9.12. The second-order valence-corrected chi connectivity index (χ2v) is 3.90. The van der Waals surface area contributed by atoms with Crippen LogP contribution in [0.15, 0.2) is 30.9 Å². The lowest BCUT2D eigenvalue weighted by Crippen LogP contribution is -2.47. The molecule has 5 nitrogen and oxygen atoms in total. The number of rotatable bonds is 6. The van der Waals surface area contributed by atoms with Crippen LogP contribution in [0.2, 0.25) is 0 Å². The van der Waals surface area contributed by atoms with Crippen molar-refractivity contribution >= 4 is 18.4 Å². The van der Waals surface area contributed by atoms with E-state index in [1.54, 1.807) is 18.2 Å². The van der Waals surface area contributed by atoms with E-state index in [9.17, 15) is 4.79 Å². The minimum absolute atomic E-state index is 0. The molecule has 0 aliphatic carbocycles. The first-order valence-corrected chi connectivity index (χ1v) is 5.33. The number of ether oxygens (including phenoxy) is 2. The van der Waals surface area contributed by atoms with E-state index in [1.807, 2.05) is 0 Å². The van der Waals surface area contributed by atoms with Crippen molar-refractivity contribution in [3.63, 3.8) is 0 Å². The molecule has 1 rings (SSSR count). The second-order valence-electron chi connectivity index (χ2n) is 3.90. The number of methoxy groups -OCH3 is 2. The zero-order valence-electron chi connectivity index (χ0n) is 10.9. The molecular formula is C13H18ClNO4. The van der Waals surface area contributed by atoms with E-state index < -0.39 is 11.5 Å². The van der Waals surface area contributed by atoms with Crippen LogP contribution in [0.25, 0.3) is 0 Å². The molecule has 0 aliphatic rings. The average molecular weight is 288 g/mol. The van der Waals surface area contributed by atoms with Gasteiger partial charge in [0.2, 0.25) is 0 Å². The van der Waals surface area contributed by atoms with Crippen molar-refractivity contribution in [2.45, 2.75) is 12.0 Å². The molecule has 3 N–H and O–H groups in total. The van der Waals surface area contributed by atoms with Gasteiger partial charge in [0, 0.05) is 12.0 Å². The minimum Gasteiger partial charge on any atom is -0.497 e. The van der Waals surface area contributed by atoms with E-state index in [4.69, 9.17) is 20.3 Å². The van der Waals surface area contributed by atoms with Gasteiger partial charge in [0.25, 0.3) is 0 Å². The van der Waals surface area contributed by atoms with Gasteiger partial charge in [-0.3, -0.25) is 0 Å². The Morgan fingerprint density at radius 2 is 2.11 bits per heavy atom. The highest BCUT2D eigenvalue weighted by Crippen LogP contribution is 2.27. The minimum atomic E-state index is -1.53. The Labute approximate surface area is 118 Å². The third-order valence-corrected chi connectivity index (χ3v) is 2.73. The second kappa shape index (κ2) is 7.01. The van der Waals surface area contributed by atoms with Crippen LogP contribution in [0.5, 0.6) is 11.5 Å². The molecule has 0 aliphatic heterocycles. The number of hydrogen-bond donors (Lipinski definition) is 2. The predicted octanol–water partition coefficient (Wildman–Crippen LogP) is 1.64. The molecule has 1 unspecified atom stereocenters. The number of nitrogens with two attached hydrogens (primary N) is 1. The van der Waals surface area contributed by atoms with Gasteiger partial charge in [-0.05, 0) is 18.2 Å². The Morgan fingerprint density at radius 3 is 2.53 bits per heavy atom. The molecule has 106 valence electrons. The molecule has 0 saturated carbocycles. The zero-order valence-corrected chi connectivity index (χ0v) is 11.7. The Kier molecular flexibility index (Phi) is 6.38. The molecule has 19 heavy (non-hydrogen) atoms. The van der Waals surface area contributed by atoms with E-state index in [1.165, 1.54) is 20.3 Å². The van der Waals surface area contributed by atoms with Crippen LogP contribution in [0.3, 0.4) is 0 Å². The predicted molar refractivity (Wildman–Crippen MR) is 75.2 cm³/mol. The maximum absolute atomic E-state index is 11.1. The van der Waals surface area contributed by atoms with Crippen molar-refractivity contribution in [2.24, 2.45) is 5.73 Å². The van der Waals surface area contributed by atoms with Crippen LogP contribution in [-0.2, 0) is 11.2 Å². The molecule has 0 spiro atoms. The Morgan fingerprint density at radius 1 is 1.47 bits per heavy atom. The normalized spacial score (nSPS) is 12.8. The number of carboxylic acids is 1. The summed E-state index contributed by atoms with van der Waals surface area (Å²) in [4.78, 5) is 11.1. The van der Waals surface area contributed by atoms with Gasteiger partial charge in [-0.1, -0.05) is 6.08 Å². The van der Waals surface area contributed by atoms with Gasteiger partial charge in [0.1, 0.15) is 17.0 Å².